The quantitative estimate of drug-likeness (QED) is 0.835. The summed E-state index contributed by atoms with van der Waals surface area (Å²) in [5.74, 6) is 1.03. The minimum Gasteiger partial charge on any atom is -0.341 e. The number of aromatic nitrogens is 3. The first-order valence-corrected chi connectivity index (χ1v) is 7.69. The highest BCUT2D eigenvalue weighted by molar-refractivity contribution is 5.75. The number of hydrogen-bond acceptors (Lipinski definition) is 4. The van der Waals surface area contributed by atoms with E-state index < -0.39 is 0 Å². The van der Waals surface area contributed by atoms with E-state index in [4.69, 9.17) is 0 Å². The van der Waals surface area contributed by atoms with Crippen molar-refractivity contribution in [2.75, 3.05) is 19.6 Å². The third kappa shape index (κ3) is 3.79. The van der Waals surface area contributed by atoms with Gasteiger partial charge in [-0.05, 0) is 44.6 Å². The Labute approximate surface area is 119 Å². The van der Waals surface area contributed by atoms with Crippen LogP contribution in [0.25, 0.3) is 0 Å². The Morgan fingerprint density at radius 3 is 2.85 bits per heavy atom. The monoisotopic (exact) mass is 277 g/mol. The fourth-order valence-corrected chi connectivity index (χ4v) is 2.61. The smallest absolute Gasteiger partial charge is 0.244 e. The van der Waals surface area contributed by atoms with Gasteiger partial charge in [0.1, 0.15) is 6.54 Å². The topological polar surface area (TPSA) is 63.1 Å². The largest absolute Gasteiger partial charge is 0.341 e. The molecular weight excluding hydrogens is 254 g/mol. The molecule has 1 amide bonds. The zero-order valence-electron chi connectivity index (χ0n) is 11.9. The third-order valence-corrected chi connectivity index (χ3v) is 4.03. The molecule has 0 spiro atoms. The predicted octanol–water partition coefficient (Wildman–Crippen LogP) is 0.790. The number of amides is 1. The molecule has 2 aliphatic rings. The molecule has 6 heteroatoms. The molecule has 110 valence electrons. The van der Waals surface area contributed by atoms with Gasteiger partial charge in [0.05, 0.1) is 11.9 Å². The lowest BCUT2D eigenvalue weighted by atomic mass is 10.1. The molecule has 2 heterocycles. The highest BCUT2D eigenvalue weighted by Gasteiger charge is 2.20. The summed E-state index contributed by atoms with van der Waals surface area (Å²) < 4.78 is 1.66. The summed E-state index contributed by atoms with van der Waals surface area (Å²) in [6.45, 7) is 3.91. The van der Waals surface area contributed by atoms with E-state index in [1.54, 1.807) is 4.68 Å². The number of piperidine rings is 1. The van der Waals surface area contributed by atoms with Crippen LogP contribution in [-0.2, 0) is 17.9 Å². The lowest BCUT2D eigenvalue weighted by Gasteiger charge is -2.26. The number of rotatable bonds is 6. The molecule has 1 saturated carbocycles. The second-order valence-electron chi connectivity index (χ2n) is 5.92. The van der Waals surface area contributed by atoms with Crippen LogP contribution < -0.4 is 5.32 Å². The van der Waals surface area contributed by atoms with E-state index in [1.165, 1.54) is 19.3 Å². The molecule has 2 fully saturated rings. The zero-order chi connectivity index (χ0) is 13.8. The minimum absolute atomic E-state index is 0.159. The van der Waals surface area contributed by atoms with Gasteiger partial charge < -0.3 is 10.2 Å². The maximum atomic E-state index is 12.1. The summed E-state index contributed by atoms with van der Waals surface area (Å²) in [5, 5.41) is 11.5. The van der Waals surface area contributed by atoms with E-state index in [2.05, 4.69) is 15.6 Å². The lowest BCUT2D eigenvalue weighted by molar-refractivity contribution is -0.132. The van der Waals surface area contributed by atoms with Gasteiger partial charge in [-0.15, -0.1) is 5.10 Å². The second kappa shape index (κ2) is 6.35. The van der Waals surface area contributed by atoms with Crippen LogP contribution in [0, 0.1) is 5.92 Å². The Morgan fingerprint density at radius 2 is 2.10 bits per heavy atom. The van der Waals surface area contributed by atoms with Crippen molar-refractivity contribution in [3.8, 4) is 0 Å². The molecule has 1 N–H and O–H groups in total. The zero-order valence-corrected chi connectivity index (χ0v) is 11.9. The van der Waals surface area contributed by atoms with E-state index >= 15 is 0 Å². The van der Waals surface area contributed by atoms with E-state index in [-0.39, 0.29) is 5.91 Å². The van der Waals surface area contributed by atoms with Crippen LogP contribution in [0.3, 0.4) is 0 Å². The van der Waals surface area contributed by atoms with Crippen molar-refractivity contribution in [2.45, 2.75) is 45.2 Å². The molecule has 1 aromatic rings. The van der Waals surface area contributed by atoms with E-state index in [9.17, 15) is 4.79 Å². The highest BCUT2D eigenvalue weighted by atomic mass is 16.2. The van der Waals surface area contributed by atoms with Crippen LogP contribution in [0.15, 0.2) is 6.20 Å². The molecule has 20 heavy (non-hydrogen) atoms. The Morgan fingerprint density at radius 1 is 1.30 bits per heavy atom. The Balaban J connectivity index is 1.44. The van der Waals surface area contributed by atoms with Gasteiger partial charge >= 0.3 is 0 Å². The standard InChI is InChI=1S/C14H23N5O/c20-14(18-6-2-1-3-7-18)11-19-10-13(16-17-19)9-15-8-12-4-5-12/h10,12,15H,1-9,11H2. The predicted molar refractivity (Wildman–Crippen MR) is 74.9 cm³/mol. The van der Waals surface area contributed by atoms with Crippen molar-refractivity contribution >= 4 is 5.91 Å². The number of carbonyl (C=O) groups is 1. The summed E-state index contributed by atoms with van der Waals surface area (Å²) in [7, 11) is 0. The van der Waals surface area contributed by atoms with Gasteiger partial charge in [-0.3, -0.25) is 4.79 Å². The Bertz CT molecular complexity index is 448. The molecule has 0 radical (unpaired) electrons. The van der Waals surface area contributed by atoms with Crippen molar-refractivity contribution in [3.05, 3.63) is 11.9 Å². The summed E-state index contributed by atoms with van der Waals surface area (Å²) in [6, 6.07) is 0. The fraction of sp³-hybridized carbons (Fsp3) is 0.786. The number of carbonyl (C=O) groups excluding carboxylic acids is 1. The fourth-order valence-electron chi connectivity index (χ4n) is 2.61. The van der Waals surface area contributed by atoms with Crippen LogP contribution in [0.2, 0.25) is 0 Å². The van der Waals surface area contributed by atoms with Gasteiger partial charge in [-0.1, -0.05) is 5.21 Å². The first-order chi connectivity index (χ1) is 9.81. The van der Waals surface area contributed by atoms with Crippen molar-refractivity contribution < 1.29 is 4.79 Å². The van der Waals surface area contributed by atoms with Gasteiger partial charge in [-0.25, -0.2) is 4.68 Å². The molecule has 0 unspecified atom stereocenters. The van der Waals surface area contributed by atoms with Gasteiger partial charge in [-0.2, -0.15) is 0 Å². The van der Waals surface area contributed by atoms with Crippen LogP contribution >= 0.6 is 0 Å². The van der Waals surface area contributed by atoms with Gasteiger partial charge in [0.25, 0.3) is 0 Å². The number of likely N-dealkylation sites (tertiary alicyclic amines) is 1. The number of nitrogens with zero attached hydrogens (tertiary/aromatic N) is 4. The summed E-state index contributed by atoms with van der Waals surface area (Å²) in [5.41, 5.74) is 0.914. The van der Waals surface area contributed by atoms with Crippen LogP contribution in [0.1, 0.15) is 37.8 Å². The highest BCUT2D eigenvalue weighted by Crippen LogP contribution is 2.27. The van der Waals surface area contributed by atoms with Gasteiger partial charge in [0, 0.05) is 19.6 Å². The van der Waals surface area contributed by atoms with E-state index in [0.717, 1.165) is 50.6 Å². The first kappa shape index (κ1) is 13.5. The van der Waals surface area contributed by atoms with Crippen molar-refractivity contribution in [3.63, 3.8) is 0 Å². The minimum atomic E-state index is 0.159. The number of hydrogen-bond donors (Lipinski definition) is 1. The van der Waals surface area contributed by atoms with Crippen molar-refractivity contribution in [1.29, 1.82) is 0 Å². The van der Waals surface area contributed by atoms with Crippen LogP contribution in [0.4, 0.5) is 0 Å². The summed E-state index contributed by atoms with van der Waals surface area (Å²) >= 11 is 0. The molecule has 1 aliphatic carbocycles. The molecule has 0 aromatic carbocycles. The molecule has 1 saturated heterocycles. The number of nitrogens with one attached hydrogen (secondary N) is 1. The summed E-state index contributed by atoms with van der Waals surface area (Å²) in [4.78, 5) is 14.1. The summed E-state index contributed by atoms with van der Waals surface area (Å²) in [6.07, 6.45) is 8.07. The average Bonchev–Trinajstić information content (AvgIpc) is 3.19. The van der Waals surface area contributed by atoms with Crippen molar-refractivity contribution in [1.82, 2.24) is 25.2 Å². The third-order valence-electron chi connectivity index (χ3n) is 4.03. The Hall–Kier alpha value is -1.43. The SMILES string of the molecule is O=C(Cn1cc(CNCC2CC2)nn1)N1CCCCC1. The molecule has 3 rings (SSSR count). The maximum absolute atomic E-state index is 12.1. The lowest BCUT2D eigenvalue weighted by Crippen LogP contribution is -2.37. The second-order valence-corrected chi connectivity index (χ2v) is 5.92. The Kier molecular flexibility index (Phi) is 4.30. The van der Waals surface area contributed by atoms with E-state index in [0.29, 0.717) is 6.54 Å². The molecular formula is C14H23N5O. The van der Waals surface area contributed by atoms with E-state index in [1.807, 2.05) is 11.1 Å². The van der Waals surface area contributed by atoms with Gasteiger partial charge in [0.15, 0.2) is 0 Å². The molecule has 6 nitrogen and oxygen atoms in total. The molecule has 0 atom stereocenters. The molecule has 1 aromatic heterocycles. The normalized spacial score (nSPS) is 19.3. The average molecular weight is 277 g/mol. The first-order valence-electron chi connectivity index (χ1n) is 7.69. The van der Waals surface area contributed by atoms with Crippen LogP contribution in [-0.4, -0.2) is 45.4 Å². The molecule has 1 aliphatic heterocycles. The van der Waals surface area contributed by atoms with Crippen LogP contribution in [0.5, 0.6) is 0 Å². The maximum Gasteiger partial charge on any atom is 0.244 e. The van der Waals surface area contributed by atoms with Crippen molar-refractivity contribution in [2.24, 2.45) is 5.92 Å². The molecule has 0 bridgehead atoms. The van der Waals surface area contributed by atoms with Gasteiger partial charge in [0.2, 0.25) is 5.91 Å².